The van der Waals surface area contributed by atoms with Crippen molar-refractivity contribution < 1.29 is 14.4 Å². The van der Waals surface area contributed by atoms with E-state index >= 15 is 0 Å². The van der Waals surface area contributed by atoms with E-state index in [0.29, 0.717) is 49.2 Å². The normalized spacial score (nSPS) is 18.6. The number of nitrogens with zero attached hydrogens (tertiary/aromatic N) is 4. The maximum Gasteiger partial charge on any atom is 0.325 e. The number of hydrogen-bond donors (Lipinski definition) is 2. The van der Waals surface area contributed by atoms with Gasteiger partial charge in [0.2, 0.25) is 0 Å². The number of amides is 5. The van der Waals surface area contributed by atoms with Crippen LogP contribution < -0.4 is 10.6 Å². The molecule has 10 heteroatoms. The van der Waals surface area contributed by atoms with Crippen LogP contribution in [0.4, 0.5) is 9.59 Å². The number of hydrogen-bond acceptors (Lipinski definition) is 6. The number of aromatic nitrogens is 2. The van der Waals surface area contributed by atoms with Crippen LogP contribution in [0.25, 0.3) is 0 Å². The Morgan fingerprint density at radius 3 is 2.67 bits per heavy atom. The Kier molecular flexibility index (Phi) is 4.93. The third kappa shape index (κ3) is 3.48. The summed E-state index contributed by atoms with van der Waals surface area (Å²) in [7, 11) is 0. The monoisotopic (exact) mass is 352 g/mol. The summed E-state index contributed by atoms with van der Waals surface area (Å²) in [5, 5.41) is 9.28. The first-order chi connectivity index (χ1) is 11.6. The van der Waals surface area contributed by atoms with E-state index in [1.807, 2.05) is 4.90 Å². The van der Waals surface area contributed by atoms with Crippen LogP contribution in [0.2, 0.25) is 0 Å². The number of nitrogens with one attached hydrogen (secondary N) is 2. The number of urea groups is 2. The summed E-state index contributed by atoms with van der Waals surface area (Å²) in [5.41, 5.74) is 0.670. The Morgan fingerprint density at radius 1 is 1.33 bits per heavy atom. The van der Waals surface area contributed by atoms with E-state index < -0.39 is 0 Å². The van der Waals surface area contributed by atoms with E-state index in [9.17, 15) is 14.4 Å². The highest BCUT2D eigenvalue weighted by Gasteiger charge is 2.29. The largest absolute Gasteiger partial charge is 0.338 e. The molecule has 1 aromatic rings. The molecule has 3 heterocycles. The average Bonchev–Trinajstić information content (AvgIpc) is 3.20. The van der Waals surface area contributed by atoms with Crippen LogP contribution in [0.3, 0.4) is 0 Å². The van der Waals surface area contributed by atoms with Crippen LogP contribution in [0.1, 0.15) is 28.2 Å². The molecule has 5 amide bonds. The zero-order chi connectivity index (χ0) is 17.1. The molecule has 0 atom stereocenters. The van der Waals surface area contributed by atoms with Gasteiger partial charge in [-0.25, -0.2) is 14.5 Å². The first kappa shape index (κ1) is 16.6. The van der Waals surface area contributed by atoms with Crippen molar-refractivity contribution in [2.24, 2.45) is 5.92 Å². The highest BCUT2D eigenvalue weighted by Crippen LogP contribution is 2.20. The molecule has 0 saturated carbocycles. The van der Waals surface area contributed by atoms with E-state index in [4.69, 9.17) is 0 Å². The van der Waals surface area contributed by atoms with Crippen molar-refractivity contribution in [2.75, 3.05) is 32.7 Å². The van der Waals surface area contributed by atoms with Gasteiger partial charge >= 0.3 is 12.1 Å². The van der Waals surface area contributed by atoms with E-state index in [1.165, 1.54) is 4.90 Å². The molecule has 2 N–H and O–H groups in total. The Balaban J connectivity index is 1.44. The second-order valence-corrected chi connectivity index (χ2v) is 6.75. The molecule has 3 rings (SSSR count). The van der Waals surface area contributed by atoms with Crippen molar-refractivity contribution >= 4 is 29.5 Å². The Hall–Kier alpha value is -2.23. The first-order valence-electron chi connectivity index (χ1n) is 7.97. The summed E-state index contributed by atoms with van der Waals surface area (Å²) in [6.45, 7) is 4.51. The molecule has 2 fully saturated rings. The lowest BCUT2D eigenvalue weighted by Gasteiger charge is -2.32. The third-order valence-corrected chi connectivity index (χ3v) is 5.21. The van der Waals surface area contributed by atoms with Crippen molar-refractivity contribution in [3.63, 3.8) is 0 Å². The SMILES string of the molecule is Cc1nnsc1C(=O)N1CCC(CNC(=O)N2CCNC2=O)CC1. The molecular formula is C14H20N6O3S. The molecule has 130 valence electrons. The van der Waals surface area contributed by atoms with Crippen molar-refractivity contribution in [1.82, 2.24) is 30.0 Å². The minimum atomic E-state index is -0.352. The molecule has 2 aliphatic rings. The van der Waals surface area contributed by atoms with Gasteiger partial charge in [-0.2, -0.15) is 0 Å². The van der Waals surface area contributed by atoms with Gasteiger partial charge in [-0.15, -0.1) is 5.10 Å². The highest BCUT2D eigenvalue weighted by atomic mass is 32.1. The molecule has 24 heavy (non-hydrogen) atoms. The topological polar surface area (TPSA) is 108 Å². The summed E-state index contributed by atoms with van der Waals surface area (Å²) in [4.78, 5) is 39.4. The second-order valence-electron chi connectivity index (χ2n) is 5.99. The zero-order valence-electron chi connectivity index (χ0n) is 13.4. The van der Waals surface area contributed by atoms with Crippen LogP contribution in [0.5, 0.6) is 0 Å². The summed E-state index contributed by atoms with van der Waals surface area (Å²) in [6.07, 6.45) is 1.65. The van der Waals surface area contributed by atoms with Crippen molar-refractivity contribution in [3.05, 3.63) is 10.6 Å². The lowest BCUT2D eigenvalue weighted by molar-refractivity contribution is 0.0694. The molecule has 0 bridgehead atoms. The molecule has 0 aromatic carbocycles. The molecule has 2 saturated heterocycles. The second kappa shape index (κ2) is 7.12. The van der Waals surface area contributed by atoms with Gasteiger partial charge in [0.25, 0.3) is 5.91 Å². The summed E-state index contributed by atoms with van der Waals surface area (Å²) in [5.74, 6) is 0.295. The predicted molar refractivity (Wildman–Crippen MR) is 86.8 cm³/mol. The Bertz CT molecular complexity index is 640. The molecule has 0 aliphatic carbocycles. The molecular weight excluding hydrogens is 332 g/mol. The van der Waals surface area contributed by atoms with Gasteiger partial charge in [0.05, 0.1) is 5.69 Å². The molecule has 0 radical (unpaired) electrons. The summed E-state index contributed by atoms with van der Waals surface area (Å²) < 4.78 is 3.80. The van der Waals surface area contributed by atoms with E-state index in [-0.39, 0.29) is 18.0 Å². The molecule has 0 unspecified atom stereocenters. The third-order valence-electron chi connectivity index (χ3n) is 4.39. The zero-order valence-corrected chi connectivity index (χ0v) is 14.3. The molecule has 9 nitrogen and oxygen atoms in total. The number of imide groups is 1. The average molecular weight is 352 g/mol. The fraction of sp³-hybridized carbons (Fsp3) is 0.643. The lowest BCUT2D eigenvalue weighted by atomic mass is 9.96. The van der Waals surface area contributed by atoms with Crippen LogP contribution >= 0.6 is 11.5 Å². The molecule has 0 spiro atoms. The van der Waals surface area contributed by atoms with Crippen LogP contribution in [-0.2, 0) is 0 Å². The number of aryl methyl sites for hydroxylation is 1. The minimum absolute atomic E-state index is 0.0151. The van der Waals surface area contributed by atoms with Gasteiger partial charge in [-0.05, 0) is 37.2 Å². The predicted octanol–water partition coefficient (Wildman–Crippen LogP) is 0.434. The number of carbonyl (C=O) groups is 3. The lowest BCUT2D eigenvalue weighted by Crippen LogP contribution is -2.45. The van der Waals surface area contributed by atoms with Crippen molar-refractivity contribution in [2.45, 2.75) is 19.8 Å². The van der Waals surface area contributed by atoms with E-state index in [1.54, 1.807) is 6.92 Å². The first-order valence-corrected chi connectivity index (χ1v) is 8.75. The Labute approximate surface area is 143 Å². The molecule has 1 aromatic heterocycles. The van der Waals surface area contributed by atoms with Gasteiger partial charge in [-0.3, -0.25) is 4.79 Å². The summed E-state index contributed by atoms with van der Waals surface area (Å²) in [6, 6.07) is -0.698. The minimum Gasteiger partial charge on any atom is -0.338 e. The fourth-order valence-corrected chi connectivity index (χ4v) is 3.53. The van der Waals surface area contributed by atoms with Crippen LogP contribution in [-0.4, -0.2) is 70.1 Å². The van der Waals surface area contributed by atoms with Crippen molar-refractivity contribution in [3.8, 4) is 0 Å². The highest BCUT2D eigenvalue weighted by molar-refractivity contribution is 7.07. The van der Waals surface area contributed by atoms with Gasteiger partial charge in [0.1, 0.15) is 4.88 Å². The van der Waals surface area contributed by atoms with E-state index in [2.05, 4.69) is 20.2 Å². The smallest absolute Gasteiger partial charge is 0.325 e. The number of piperidine rings is 1. The fourth-order valence-electron chi connectivity index (χ4n) is 2.90. The van der Waals surface area contributed by atoms with Gasteiger partial charge in [-0.1, -0.05) is 4.49 Å². The van der Waals surface area contributed by atoms with Gasteiger partial charge in [0.15, 0.2) is 0 Å². The number of rotatable bonds is 3. The van der Waals surface area contributed by atoms with Crippen LogP contribution in [0, 0.1) is 12.8 Å². The van der Waals surface area contributed by atoms with E-state index in [0.717, 1.165) is 24.4 Å². The number of carbonyl (C=O) groups excluding carboxylic acids is 3. The maximum absolute atomic E-state index is 12.4. The van der Waals surface area contributed by atoms with Crippen LogP contribution in [0.15, 0.2) is 0 Å². The molecule has 2 aliphatic heterocycles. The van der Waals surface area contributed by atoms with Gasteiger partial charge < -0.3 is 15.5 Å². The maximum atomic E-state index is 12.4. The van der Waals surface area contributed by atoms with Crippen molar-refractivity contribution in [1.29, 1.82) is 0 Å². The Morgan fingerprint density at radius 2 is 2.08 bits per heavy atom. The quantitative estimate of drug-likeness (QED) is 0.820. The summed E-state index contributed by atoms with van der Waals surface area (Å²) >= 11 is 1.13. The standard InChI is InChI=1S/C14H20N6O3S/c1-9-11(24-18-17-9)12(21)19-5-2-10(3-6-19)8-16-14(23)20-7-4-15-13(20)22/h10H,2-8H2,1H3,(H,15,22)(H,16,23). The van der Waals surface area contributed by atoms with Gasteiger partial charge in [0, 0.05) is 32.7 Å². The number of likely N-dealkylation sites (tertiary alicyclic amines) is 1.